The van der Waals surface area contributed by atoms with Crippen molar-refractivity contribution in [2.24, 2.45) is 0 Å². The van der Waals surface area contributed by atoms with Crippen molar-refractivity contribution in [1.29, 1.82) is 0 Å². The van der Waals surface area contributed by atoms with Gasteiger partial charge in [0, 0.05) is 19.2 Å². The minimum atomic E-state index is 0.261. The highest BCUT2D eigenvalue weighted by Crippen LogP contribution is 2.27. The number of hydrogen-bond acceptors (Lipinski definition) is 6. The monoisotopic (exact) mass is 250 g/mol. The summed E-state index contributed by atoms with van der Waals surface area (Å²) in [6.45, 7) is 8.39. The number of rotatable bonds is 5. The van der Waals surface area contributed by atoms with E-state index in [2.05, 4.69) is 34.0 Å². The van der Waals surface area contributed by atoms with Gasteiger partial charge < -0.3 is 15.4 Å². The summed E-state index contributed by atoms with van der Waals surface area (Å²) >= 11 is 0. The molecule has 0 fully saturated rings. The Morgan fingerprint density at radius 2 is 2.00 bits per heavy atom. The third-order valence-corrected chi connectivity index (χ3v) is 2.75. The van der Waals surface area contributed by atoms with Crippen molar-refractivity contribution in [3.63, 3.8) is 0 Å². The fourth-order valence-electron chi connectivity index (χ4n) is 1.85. The number of ether oxygens (including phenoxy) is 1. The van der Waals surface area contributed by atoms with Gasteiger partial charge in [-0.25, -0.2) is 0 Å². The second-order valence-electron chi connectivity index (χ2n) is 3.77. The normalized spacial score (nSPS) is 10.8. The molecule has 18 heavy (non-hydrogen) atoms. The fraction of sp³-hybridized carbons (Fsp3) is 0.545. The largest absolute Gasteiger partial charge is 0.475 e. The van der Waals surface area contributed by atoms with Gasteiger partial charge in [0.1, 0.15) is 5.69 Å². The van der Waals surface area contributed by atoms with E-state index in [1.54, 1.807) is 0 Å². The van der Waals surface area contributed by atoms with E-state index in [-0.39, 0.29) is 5.95 Å². The molecule has 2 N–H and O–H groups in total. The Kier molecular flexibility index (Phi) is 3.50. The van der Waals surface area contributed by atoms with Crippen LogP contribution in [-0.2, 0) is 0 Å². The molecule has 2 heterocycles. The van der Waals surface area contributed by atoms with Crippen LogP contribution >= 0.6 is 0 Å². The number of hydrogen-bond donors (Lipinski definition) is 1. The van der Waals surface area contributed by atoms with Crippen LogP contribution in [-0.4, -0.2) is 39.5 Å². The highest BCUT2D eigenvalue weighted by molar-refractivity contribution is 5.62. The van der Waals surface area contributed by atoms with E-state index >= 15 is 0 Å². The van der Waals surface area contributed by atoms with Gasteiger partial charge in [0.2, 0.25) is 5.95 Å². The summed E-state index contributed by atoms with van der Waals surface area (Å²) in [4.78, 5) is 2.16. The van der Waals surface area contributed by atoms with E-state index in [1.807, 2.05) is 13.0 Å². The molecule has 0 bridgehead atoms. The van der Waals surface area contributed by atoms with Crippen molar-refractivity contribution in [1.82, 2.24) is 19.8 Å². The standard InChI is InChI=1S/C11H18N6O/c1-4-16(5-2)8-7-9-13-14-11(12)17(9)15-10(8)18-6-3/h7H,4-6H2,1-3H3,(H2,12,14). The van der Waals surface area contributed by atoms with Crippen molar-refractivity contribution in [2.45, 2.75) is 20.8 Å². The second kappa shape index (κ2) is 5.07. The van der Waals surface area contributed by atoms with Crippen LogP contribution in [0.5, 0.6) is 5.88 Å². The lowest BCUT2D eigenvalue weighted by Gasteiger charge is -2.22. The molecular weight excluding hydrogens is 232 g/mol. The van der Waals surface area contributed by atoms with Crippen molar-refractivity contribution in [3.8, 4) is 5.88 Å². The van der Waals surface area contributed by atoms with E-state index in [1.165, 1.54) is 4.52 Å². The van der Waals surface area contributed by atoms with Crippen LogP contribution in [0, 0.1) is 0 Å². The first-order valence-electron chi connectivity index (χ1n) is 6.10. The van der Waals surface area contributed by atoms with E-state index < -0.39 is 0 Å². The predicted octanol–water partition coefficient (Wildman–Crippen LogP) is 0.951. The minimum absolute atomic E-state index is 0.261. The Morgan fingerprint density at radius 3 is 2.61 bits per heavy atom. The SMILES string of the molecule is CCOc1nn2c(N)nnc2cc1N(CC)CC. The van der Waals surface area contributed by atoms with Crippen LogP contribution in [0.2, 0.25) is 0 Å². The molecule has 2 aromatic rings. The Morgan fingerprint density at radius 1 is 1.28 bits per heavy atom. The summed E-state index contributed by atoms with van der Waals surface area (Å²) < 4.78 is 7.05. The highest BCUT2D eigenvalue weighted by atomic mass is 16.5. The highest BCUT2D eigenvalue weighted by Gasteiger charge is 2.15. The van der Waals surface area contributed by atoms with Crippen LogP contribution in [0.25, 0.3) is 5.65 Å². The van der Waals surface area contributed by atoms with Crippen molar-refractivity contribution in [2.75, 3.05) is 30.3 Å². The first kappa shape index (κ1) is 12.4. The van der Waals surface area contributed by atoms with Crippen LogP contribution in [0.1, 0.15) is 20.8 Å². The summed E-state index contributed by atoms with van der Waals surface area (Å²) in [7, 11) is 0. The summed E-state index contributed by atoms with van der Waals surface area (Å²) in [6.07, 6.45) is 0. The maximum Gasteiger partial charge on any atom is 0.255 e. The van der Waals surface area contributed by atoms with E-state index in [9.17, 15) is 0 Å². The lowest BCUT2D eigenvalue weighted by molar-refractivity contribution is 0.322. The molecule has 0 radical (unpaired) electrons. The first-order chi connectivity index (χ1) is 8.71. The van der Waals surface area contributed by atoms with E-state index in [0.29, 0.717) is 18.1 Å². The average molecular weight is 250 g/mol. The molecule has 7 nitrogen and oxygen atoms in total. The molecule has 7 heteroatoms. The molecule has 0 aliphatic rings. The first-order valence-corrected chi connectivity index (χ1v) is 6.10. The summed E-state index contributed by atoms with van der Waals surface area (Å²) in [5.74, 6) is 0.817. The molecule has 0 aliphatic carbocycles. The molecule has 0 atom stereocenters. The van der Waals surface area contributed by atoms with Gasteiger partial charge in [-0.3, -0.25) is 0 Å². The van der Waals surface area contributed by atoms with Gasteiger partial charge in [0.25, 0.3) is 5.88 Å². The molecular formula is C11H18N6O. The third kappa shape index (κ3) is 2.03. The maximum absolute atomic E-state index is 5.69. The van der Waals surface area contributed by atoms with Crippen LogP contribution in [0.3, 0.4) is 0 Å². The minimum Gasteiger partial charge on any atom is -0.475 e. The summed E-state index contributed by atoms with van der Waals surface area (Å²) in [6, 6.07) is 1.90. The number of nitrogen functional groups attached to an aromatic ring is 1. The molecule has 2 rings (SSSR count). The topological polar surface area (TPSA) is 81.6 Å². The van der Waals surface area contributed by atoms with Gasteiger partial charge in [-0.05, 0) is 20.8 Å². The van der Waals surface area contributed by atoms with Crippen LogP contribution < -0.4 is 15.4 Å². The molecule has 0 amide bonds. The number of nitrogens with zero attached hydrogens (tertiary/aromatic N) is 5. The molecule has 0 spiro atoms. The smallest absolute Gasteiger partial charge is 0.255 e. The van der Waals surface area contributed by atoms with Gasteiger partial charge in [0.05, 0.1) is 6.61 Å². The van der Waals surface area contributed by atoms with Gasteiger partial charge in [-0.15, -0.1) is 15.3 Å². The molecule has 2 aromatic heterocycles. The van der Waals surface area contributed by atoms with Crippen LogP contribution in [0.15, 0.2) is 6.07 Å². The zero-order valence-electron chi connectivity index (χ0n) is 10.9. The zero-order chi connectivity index (χ0) is 13.1. The third-order valence-electron chi connectivity index (χ3n) is 2.75. The molecule has 0 aliphatic heterocycles. The quantitative estimate of drug-likeness (QED) is 0.851. The summed E-state index contributed by atoms with van der Waals surface area (Å²) in [5.41, 5.74) is 7.23. The Labute approximate surface area is 106 Å². The molecule has 98 valence electrons. The average Bonchev–Trinajstić information content (AvgIpc) is 2.73. The van der Waals surface area contributed by atoms with E-state index in [4.69, 9.17) is 10.5 Å². The Hall–Kier alpha value is -2.05. The Balaban J connectivity index is 2.57. The van der Waals surface area contributed by atoms with E-state index in [0.717, 1.165) is 18.8 Å². The second-order valence-corrected chi connectivity index (χ2v) is 3.77. The molecule has 0 unspecified atom stereocenters. The van der Waals surface area contributed by atoms with Crippen LogP contribution in [0.4, 0.5) is 11.6 Å². The van der Waals surface area contributed by atoms with Crippen molar-refractivity contribution < 1.29 is 4.74 Å². The van der Waals surface area contributed by atoms with Gasteiger partial charge in [-0.1, -0.05) is 0 Å². The fourth-order valence-corrected chi connectivity index (χ4v) is 1.85. The van der Waals surface area contributed by atoms with Crippen molar-refractivity contribution in [3.05, 3.63) is 6.07 Å². The van der Waals surface area contributed by atoms with Gasteiger partial charge in [0.15, 0.2) is 5.65 Å². The maximum atomic E-state index is 5.69. The van der Waals surface area contributed by atoms with Crippen molar-refractivity contribution >= 4 is 17.3 Å². The number of aromatic nitrogens is 4. The number of fused-ring (bicyclic) bond motifs is 1. The zero-order valence-corrected chi connectivity index (χ0v) is 10.9. The Bertz CT molecular complexity index is 534. The number of nitrogens with two attached hydrogens (primary N) is 1. The molecule has 0 saturated carbocycles. The molecule has 0 aromatic carbocycles. The lowest BCUT2D eigenvalue weighted by atomic mass is 10.3. The number of anilines is 2. The lowest BCUT2D eigenvalue weighted by Crippen LogP contribution is -2.23. The van der Waals surface area contributed by atoms with Gasteiger partial charge in [-0.2, -0.15) is 4.52 Å². The predicted molar refractivity (Wildman–Crippen MR) is 69.9 cm³/mol. The van der Waals surface area contributed by atoms with Gasteiger partial charge >= 0.3 is 0 Å². The summed E-state index contributed by atoms with van der Waals surface area (Å²) in [5, 5.41) is 12.1. The molecule has 0 saturated heterocycles.